The predicted molar refractivity (Wildman–Crippen MR) is 152 cm³/mol. The first-order valence-electron chi connectivity index (χ1n) is 13.8. The van der Waals surface area contributed by atoms with Gasteiger partial charge in [0.05, 0.1) is 23.4 Å². The summed E-state index contributed by atoms with van der Waals surface area (Å²) >= 11 is 0. The van der Waals surface area contributed by atoms with Crippen molar-refractivity contribution >= 4 is 22.8 Å². The Labute approximate surface area is 232 Å². The van der Waals surface area contributed by atoms with Gasteiger partial charge in [-0.1, -0.05) is 19.4 Å². The van der Waals surface area contributed by atoms with Crippen molar-refractivity contribution < 1.29 is 14.7 Å². The molecular formula is C29H35N7O4. The molecule has 210 valence electrons. The average molecular weight is 546 g/mol. The van der Waals surface area contributed by atoms with Gasteiger partial charge in [-0.2, -0.15) is 5.10 Å². The van der Waals surface area contributed by atoms with Gasteiger partial charge >= 0.3 is 0 Å². The molecule has 11 heteroatoms. The second-order valence-electron chi connectivity index (χ2n) is 10.2. The van der Waals surface area contributed by atoms with Crippen molar-refractivity contribution in [3.63, 3.8) is 0 Å². The Morgan fingerprint density at radius 2 is 2.00 bits per heavy atom. The molecule has 1 saturated heterocycles. The van der Waals surface area contributed by atoms with Crippen LogP contribution in [0.3, 0.4) is 0 Å². The van der Waals surface area contributed by atoms with Gasteiger partial charge in [-0.3, -0.25) is 19.5 Å². The first kappa shape index (κ1) is 27.3. The van der Waals surface area contributed by atoms with E-state index in [4.69, 9.17) is 14.9 Å². The number of aryl methyl sites for hydroxylation is 2. The van der Waals surface area contributed by atoms with Crippen molar-refractivity contribution in [2.24, 2.45) is 13.0 Å². The number of hydroxylamine groups is 1. The lowest BCUT2D eigenvalue weighted by Crippen LogP contribution is -2.35. The van der Waals surface area contributed by atoms with Gasteiger partial charge in [0.15, 0.2) is 5.52 Å². The summed E-state index contributed by atoms with van der Waals surface area (Å²) in [5, 5.41) is 13.3. The summed E-state index contributed by atoms with van der Waals surface area (Å²) in [5.74, 6) is 1.92. The Morgan fingerprint density at radius 3 is 2.67 bits per heavy atom. The third kappa shape index (κ3) is 5.55. The number of aromatic nitrogens is 5. The molecule has 0 unspecified atom stereocenters. The molecule has 40 heavy (non-hydrogen) atoms. The zero-order valence-corrected chi connectivity index (χ0v) is 23.1. The third-order valence-corrected chi connectivity index (χ3v) is 7.42. The van der Waals surface area contributed by atoms with Crippen LogP contribution < -0.4 is 20.7 Å². The number of amides is 1. The maximum atomic E-state index is 13.1. The zero-order valence-electron chi connectivity index (χ0n) is 23.1. The van der Waals surface area contributed by atoms with E-state index >= 15 is 0 Å². The van der Waals surface area contributed by atoms with E-state index in [1.165, 1.54) is 6.20 Å². The fourth-order valence-corrected chi connectivity index (χ4v) is 5.42. The van der Waals surface area contributed by atoms with Crippen LogP contribution in [0.15, 0.2) is 41.3 Å². The van der Waals surface area contributed by atoms with Gasteiger partial charge in [0.2, 0.25) is 0 Å². The highest BCUT2D eigenvalue weighted by Crippen LogP contribution is 2.32. The van der Waals surface area contributed by atoms with Crippen LogP contribution in [0.4, 0.5) is 5.82 Å². The molecule has 0 atom stereocenters. The number of ether oxygens (including phenoxy) is 1. The van der Waals surface area contributed by atoms with Crippen molar-refractivity contribution in [3.05, 3.63) is 63.7 Å². The van der Waals surface area contributed by atoms with Gasteiger partial charge in [0.25, 0.3) is 11.5 Å². The fourth-order valence-electron chi connectivity index (χ4n) is 5.42. The van der Waals surface area contributed by atoms with Crippen LogP contribution in [0.2, 0.25) is 0 Å². The predicted octanol–water partition coefficient (Wildman–Crippen LogP) is 3.65. The monoisotopic (exact) mass is 545 g/mol. The second kappa shape index (κ2) is 11.9. The molecule has 0 bridgehead atoms. The molecule has 11 nitrogen and oxygen atoms in total. The van der Waals surface area contributed by atoms with Crippen LogP contribution >= 0.6 is 0 Å². The number of carbonyl (C=O) groups is 1. The number of aromatic amines is 1. The number of piperidine rings is 1. The SMILES string of the molecule is CCCc1nn(C)c2c(=O)[nH]c(-c3cc(CC4CCN(c5ccc(C(=O)NO)cn5)CC4)ccc3OCC)nc12. The van der Waals surface area contributed by atoms with Crippen molar-refractivity contribution in [2.45, 2.75) is 46.0 Å². The highest BCUT2D eigenvalue weighted by atomic mass is 16.5. The molecule has 1 aromatic carbocycles. The molecule has 1 amide bonds. The number of benzene rings is 1. The molecule has 0 saturated carbocycles. The minimum Gasteiger partial charge on any atom is -0.493 e. The van der Waals surface area contributed by atoms with E-state index in [1.54, 1.807) is 23.3 Å². The summed E-state index contributed by atoms with van der Waals surface area (Å²) in [7, 11) is 1.77. The molecule has 1 aliphatic rings. The van der Waals surface area contributed by atoms with Crippen molar-refractivity contribution in [2.75, 3.05) is 24.6 Å². The Hall–Kier alpha value is -4.25. The molecule has 3 N–H and O–H groups in total. The number of pyridine rings is 1. The van der Waals surface area contributed by atoms with Crippen LogP contribution in [0.25, 0.3) is 22.4 Å². The first-order valence-corrected chi connectivity index (χ1v) is 13.8. The first-order chi connectivity index (χ1) is 19.4. The summed E-state index contributed by atoms with van der Waals surface area (Å²) in [5.41, 5.74) is 5.62. The summed E-state index contributed by atoms with van der Waals surface area (Å²) < 4.78 is 7.54. The van der Waals surface area contributed by atoms with Crippen LogP contribution in [0, 0.1) is 5.92 Å². The maximum absolute atomic E-state index is 13.1. The van der Waals surface area contributed by atoms with Gasteiger partial charge in [-0.25, -0.2) is 15.4 Å². The van der Waals surface area contributed by atoms with Crippen LogP contribution in [-0.2, 0) is 19.9 Å². The quantitative estimate of drug-likeness (QED) is 0.214. The highest BCUT2D eigenvalue weighted by Gasteiger charge is 2.22. The topological polar surface area (TPSA) is 138 Å². The number of anilines is 1. The summed E-state index contributed by atoms with van der Waals surface area (Å²) in [6.45, 7) is 6.25. The number of hydrogen-bond acceptors (Lipinski definition) is 8. The lowest BCUT2D eigenvalue weighted by Gasteiger charge is -2.33. The van der Waals surface area contributed by atoms with E-state index in [0.29, 0.717) is 40.7 Å². The summed E-state index contributed by atoms with van der Waals surface area (Å²) in [6.07, 6.45) is 6.04. The number of rotatable bonds is 9. The summed E-state index contributed by atoms with van der Waals surface area (Å²) in [6, 6.07) is 9.62. The van der Waals surface area contributed by atoms with Crippen LogP contribution in [-0.4, -0.2) is 55.5 Å². The van der Waals surface area contributed by atoms with Gasteiger partial charge in [-0.15, -0.1) is 0 Å². The minimum atomic E-state index is -0.575. The van der Waals surface area contributed by atoms with Crippen molar-refractivity contribution in [3.8, 4) is 17.1 Å². The zero-order chi connectivity index (χ0) is 28.2. The van der Waals surface area contributed by atoms with Gasteiger partial charge in [0, 0.05) is 26.3 Å². The number of nitrogens with zero attached hydrogens (tertiary/aromatic N) is 5. The molecule has 1 aliphatic heterocycles. The van der Waals surface area contributed by atoms with E-state index in [2.05, 4.69) is 39.0 Å². The fraction of sp³-hybridized carbons (Fsp3) is 0.414. The smallest absolute Gasteiger partial charge is 0.277 e. The normalized spacial score (nSPS) is 14.1. The standard InChI is InChI=1S/C29H35N7O4/c1-4-6-22-25-26(35(3)33-22)29(38)32-27(31-25)21-16-19(7-9-23(21)40-5-2)15-18-11-13-36(14-12-18)24-10-8-20(17-30-24)28(37)34-39/h7-10,16-18,39H,4-6,11-15H2,1-3H3,(H,34,37)(H,31,32,38). The Kier molecular flexibility index (Phi) is 8.11. The van der Waals surface area contributed by atoms with Crippen LogP contribution in [0.1, 0.15) is 54.7 Å². The van der Waals surface area contributed by atoms with E-state index in [9.17, 15) is 9.59 Å². The Balaban J connectivity index is 1.35. The summed E-state index contributed by atoms with van der Waals surface area (Å²) in [4.78, 5) is 39.1. The van der Waals surface area contributed by atoms with E-state index < -0.39 is 5.91 Å². The lowest BCUT2D eigenvalue weighted by atomic mass is 9.89. The van der Waals surface area contributed by atoms with Crippen molar-refractivity contribution in [1.82, 2.24) is 30.2 Å². The minimum absolute atomic E-state index is 0.212. The van der Waals surface area contributed by atoms with Gasteiger partial charge in [0.1, 0.15) is 22.9 Å². The number of nitrogens with one attached hydrogen (secondary N) is 2. The Bertz CT molecular complexity index is 1550. The molecule has 5 rings (SSSR count). The van der Waals surface area contributed by atoms with E-state index in [-0.39, 0.29) is 5.56 Å². The number of hydrogen-bond donors (Lipinski definition) is 3. The van der Waals surface area contributed by atoms with E-state index in [1.807, 2.05) is 19.1 Å². The average Bonchev–Trinajstić information content (AvgIpc) is 3.29. The van der Waals surface area contributed by atoms with E-state index in [0.717, 1.165) is 67.8 Å². The highest BCUT2D eigenvalue weighted by molar-refractivity contribution is 5.93. The molecule has 0 radical (unpaired) electrons. The number of H-pyrrole nitrogens is 1. The Morgan fingerprint density at radius 1 is 1.20 bits per heavy atom. The molecule has 0 spiro atoms. The van der Waals surface area contributed by atoms with Crippen molar-refractivity contribution in [1.29, 1.82) is 0 Å². The molecular weight excluding hydrogens is 510 g/mol. The largest absolute Gasteiger partial charge is 0.493 e. The number of carbonyl (C=O) groups excluding carboxylic acids is 1. The lowest BCUT2D eigenvalue weighted by molar-refractivity contribution is 0.0706. The maximum Gasteiger partial charge on any atom is 0.277 e. The second-order valence-corrected chi connectivity index (χ2v) is 10.2. The molecule has 1 fully saturated rings. The molecule has 0 aliphatic carbocycles. The van der Waals surface area contributed by atoms with Gasteiger partial charge < -0.3 is 14.6 Å². The van der Waals surface area contributed by atoms with Gasteiger partial charge in [-0.05, 0) is 68.4 Å². The molecule has 4 heterocycles. The third-order valence-electron chi connectivity index (χ3n) is 7.42. The van der Waals surface area contributed by atoms with Crippen LogP contribution in [0.5, 0.6) is 5.75 Å². The molecule has 4 aromatic rings. The molecule has 3 aromatic heterocycles. The number of fused-ring (bicyclic) bond motifs is 1.